The smallest absolute Gasteiger partial charge is 0.333 e. The summed E-state index contributed by atoms with van der Waals surface area (Å²) in [6, 6.07) is 1.95. The maximum atomic E-state index is 12.4. The van der Waals surface area contributed by atoms with Crippen LogP contribution in [0.2, 0.25) is 0 Å². The first-order valence-electron chi connectivity index (χ1n) is 13.5. The predicted molar refractivity (Wildman–Crippen MR) is 140 cm³/mol. The first-order chi connectivity index (χ1) is 19.0. The highest BCUT2D eigenvalue weighted by Gasteiger charge is 2.69. The topological polar surface area (TPSA) is 166 Å². The van der Waals surface area contributed by atoms with Crippen molar-refractivity contribution in [2.24, 2.45) is 11.8 Å². The average molecular weight is 559 g/mol. The predicted octanol–water partition coefficient (Wildman–Crippen LogP) is -0.191. The molecule has 1 spiro atoms. The van der Waals surface area contributed by atoms with Gasteiger partial charge in [-0.15, -0.1) is 6.58 Å². The number of hydrogen-bond acceptors (Lipinski definition) is 9. The molecule has 0 radical (unpaired) electrons. The van der Waals surface area contributed by atoms with Crippen LogP contribution in [0.1, 0.15) is 51.1 Å². The summed E-state index contributed by atoms with van der Waals surface area (Å²) in [7, 11) is 1.22. The molecule has 2 aliphatic heterocycles. The van der Waals surface area contributed by atoms with Crippen LogP contribution in [0.3, 0.4) is 0 Å². The van der Waals surface area contributed by atoms with Gasteiger partial charge in [-0.3, -0.25) is 4.79 Å². The van der Waals surface area contributed by atoms with E-state index in [1.807, 2.05) is 19.9 Å². The van der Waals surface area contributed by atoms with Crippen LogP contribution in [0.4, 0.5) is 0 Å². The van der Waals surface area contributed by atoms with Crippen LogP contribution in [0.5, 0.6) is 0 Å². The molecule has 2 bridgehead atoms. The number of aliphatic carboxylic acids is 1. The third kappa shape index (κ3) is 4.22. The molecule has 4 N–H and O–H groups in total. The van der Waals surface area contributed by atoms with Crippen molar-refractivity contribution in [2.45, 2.75) is 81.3 Å². The Labute approximate surface area is 231 Å². The molecule has 11 heteroatoms. The molecule has 5 rings (SSSR count). The average Bonchev–Trinajstić information content (AvgIpc) is 3.36. The molecule has 0 aromatic carbocycles. The summed E-state index contributed by atoms with van der Waals surface area (Å²) in [5.41, 5.74) is -1.68. The standard InChI is InChI=1S/C29H36NO10/c1-5-15-17(11-24(32)33)16(25(34)37-4)6-7-22(15)39-27-28(36)9-8-19-18-10-20(14(2)3)30-21(18)13-38-29(19,26(28)35)23(12-31)40-27/h5-6,10,13-15,17,22-23,26-27,31,35-36H,1,7-9,11-12H2,2-4H3,(H,32,33)/q-1. The summed E-state index contributed by atoms with van der Waals surface area (Å²) in [6.45, 7) is 7.36. The van der Waals surface area contributed by atoms with Crippen LogP contribution in [0.25, 0.3) is 11.8 Å². The molecule has 4 aliphatic rings. The number of carbonyl (C=O) groups excluding carboxylic acids is 1. The third-order valence-electron chi connectivity index (χ3n) is 8.82. The number of nitrogens with zero attached hydrogens (tertiary/aromatic N) is 1. The maximum Gasteiger partial charge on any atom is 0.333 e. The zero-order valence-electron chi connectivity index (χ0n) is 22.8. The zero-order valence-corrected chi connectivity index (χ0v) is 22.8. The van der Waals surface area contributed by atoms with E-state index >= 15 is 0 Å². The molecule has 1 aromatic heterocycles. The molecule has 0 amide bonds. The minimum Gasteiger partial charge on any atom is -0.658 e. The molecule has 218 valence electrons. The number of ether oxygens (including phenoxy) is 4. The lowest BCUT2D eigenvalue weighted by molar-refractivity contribution is -0.371. The minimum absolute atomic E-state index is 0.0757. The van der Waals surface area contributed by atoms with Crippen LogP contribution >= 0.6 is 0 Å². The molecule has 8 unspecified atom stereocenters. The highest BCUT2D eigenvalue weighted by Crippen LogP contribution is 2.52. The number of carboxylic acids is 1. The van der Waals surface area contributed by atoms with Gasteiger partial charge in [-0.2, -0.15) is 5.69 Å². The number of carbonyl (C=O) groups is 2. The van der Waals surface area contributed by atoms with E-state index in [2.05, 4.69) is 11.6 Å². The van der Waals surface area contributed by atoms with E-state index in [1.54, 1.807) is 6.08 Å². The highest BCUT2D eigenvalue weighted by atomic mass is 16.7. The Hall–Kier alpha value is -2.96. The Morgan fingerprint density at radius 3 is 2.73 bits per heavy atom. The van der Waals surface area contributed by atoms with Crippen LogP contribution < -0.4 is 15.6 Å². The van der Waals surface area contributed by atoms with Gasteiger partial charge in [0.1, 0.15) is 17.8 Å². The first kappa shape index (κ1) is 28.6. The summed E-state index contributed by atoms with van der Waals surface area (Å²) in [5.74, 6) is -3.00. The van der Waals surface area contributed by atoms with Crippen molar-refractivity contribution < 1.29 is 49.0 Å². The maximum absolute atomic E-state index is 12.4. The number of carboxylic acid groups (broad SMARTS) is 1. The zero-order chi connectivity index (χ0) is 29.0. The molecule has 2 aliphatic carbocycles. The summed E-state index contributed by atoms with van der Waals surface area (Å²) in [6.07, 6.45) is 0.0145. The van der Waals surface area contributed by atoms with E-state index in [9.17, 15) is 30.0 Å². The Bertz CT molecular complexity index is 1350. The quantitative estimate of drug-likeness (QED) is 0.247. The molecule has 40 heavy (non-hydrogen) atoms. The van der Waals surface area contributed by atoms with Crippen molar-refractivity contribution in [3.8, 4) is 0 Å². The van der Waals surface area contributed by atoms with Gasteiger partial charge >= 0.3 is 11.9 Å². The third-order valence-corrected chi connectivity index (χ3v) is 8.82. The minimum atomic E-state index is -1.91. The summed E-state index contributed by atoms with van der Waals surface area (Å²) in [4.78, 5) is 28.7. The normalized spacial score (nSPS) is 36.5. The lowest BCUT2D eigenvalue weighted by Crippen LogP contribution is -2.77. The van der Waals surface area contributed by atoms with Crippen molar-refractivity contribution in [3.05, 3.63) is 46.6 Å². The molecule has 1 aromatic rings. The number of rotatable bonds is 8. The van der Waals surface area contributed by atoms with Gasteiger partial charge in [0, 0.05) is 17.4 Å². The van der Waals surface area contributed by atoms with Gasteiger partial charge in [0.05, 0.1) is 32.5 Å². The van der Waals surface area contributed by atoms with E-state index in [0.717, 1.165) is 10.9 Å². The first-order valence-corrected chi connectivity index (χ1v) is 13.5. The fourth-order valence-corrected chi connectivity index (χ4v) is 6.72. The fraction of sp³-hybridized carbons (Fsp3) is 0.586. The van der Waals surface area contributed by atoms with E-state index in [1.165, 1.54) is 19.4 Å². The molecule has 2 fully saturated rings. The lowest BCUT2D eigenvalue weighted by atomic mass is 9.63. The second-order valence-electron chi connectivity index (χ2n) is 11.3. The molecule has 11 nitrogen and oxygen atoms in total. The molecular weight excluding hydrogens is 522 g/mol. The van der Waals surface area contributed by atoms with Crippen molar-refractivity contribution in [1.29, 1.82) is 0 Å². The van der Waals surface area contributed by atoms with Crippen LogP contribution in [0, 0.1) is 11.8 Å². The summed E-state index contributed by atoms with van der Waals surface area (Å²) < 4.78 is 23.4. The largest absolute Gasteiger partial charge is 0.658 e. The number of hydrogen-bond donors (Lipinski definition) is 4. The summed E-state index contributed by atoms with van der Waals surface area (Å²) in [5, 5.41) is 45.0. The second-order valence-corrected chi connectivity index (χ2v) is 11.3. The van der Waals surface area contributed by atoms with E-state index in [-0.39, 0.29) is 30.8 Å². The van der Waals surface area contributed by atoms with Crippen molar-refractivity contribution in [1.82, 2.24) is 4.98 Å². The summed E-state index contributed by atoms with van der Waals surface area (Å²) >= 11 is 0. The number of aromatic nitrogens is 1. The van der Waals surface area contributed by atoms with Gasteiger partial charge in [0.25, 0.3) is 0 Å². The van der Waals surface area contributed by atoms with Gasteiger partial charge in [0.2, 0.25) is 0 Å². The molecule has 3 heterocycles. The molecule has 8 atom stereocenters. The Kier molecular flexibility index (Phi) is 7.47. The van der Waals surface area contributed by atoms with Gasteiger partial charge in [-0.25, -0.2) is 4.79 Å². The van der Waals surface area contributed by atoms with Crippen molar-refractivity contribution in [2.75, 3.05) is 13.7 Å². The van der Waals surface area contributed by atoms with Crippen LogP contribution in [0.15, 0.2) is 30.4 Å². The van der Waals surface area contributed by atoms with Crippen molar-refractivity contribution >= 4 is 23.8 Å². The Morgan fingerprint density at radius 2 is 2.10 bits per heavy atom. The second kappa shape index (κ2) is 10.5. The number of methoxy groups -OCH3 is 1. The lowest BCUT2D eigenvalue weighted by Gasteiger charge is -2.60. The monoisotopic (exact) mass is 558 g/mol. The molecular formula is C29H36NO10-. The van der Waals surface area contributed by atoms with Gasteiger partial charge < -0.3 is 44.4 Å². The van der Waals surface area contributed by atoms with E-state index in [4.69, 9.17) is 18.9 Å². The Balaban J connectivity index is 1.50. The van der Waals surface area contributed by atoms with Gasteiger partial charge in [0.15, 0.2) is 11.9 Å². The van der Waals surface area contributed by atoms with Crippen LogP contribution in [-0.2, 0) is 28.5 Å². The SMILES string of the molecule is C=CC1C(OC2OC(CO)C34OC=c5[n-]c(C(C)C)cc5=C3CCC2(O)C4O)CC=C(C(=O)OC)C1CC(=O)O. The number of aliphatic hydroxyl groups is 3. The Morgan fingerprint density at radius 1 is 1.35 bits per heavy atom. The van der Waals surface area contributed by atoms with Crippen LogP contribution in [-0.4, -0.2) is 81.9 Å². The van der Waals surface area contributed by atoms with E-state index < -0.39 is 66.2 Å². The van der Waals surface area contributed by atoms with Gasteiger partial charge in [-0.05, 0) is 36.0 Å². The molecule has 1 saturated heterocycles. The number of esters is 1. The molecule has 1 saturated carbocycles. The van der Waals surface area contributed by atoms with Gasteiger partial charge in [-0.1, -0.05) is 37.4 Å². The fourth-order valence-electron chi connectivity index (χ4n) is 6.72. The van der Waals surface area contributed by atoms with E-state index in [0.29, 0.717) is 17.3 Å². The number of fused-ring (bicyclic) bond motifs is 2. The highest BCUT2D eigenvalue weighted by molar-refractivity contribution is 5.90. The number of aliphatic hydroxyl groups excluding tert-OH is 2. The van der Waals surface area contributed by atoms with Crippen molar-refractivity contribution in [3.63, 3.8) is 0 Å².